The highest BCUT2D eigenvalue weighted by atomic mass is 19.1. The van der Waals surface area contributed by atoms with E-state index in [1.165, 1.54) is 6.07 Å². The van der Waals surface area contributed by atoms with Gasteiger partial charge in [-0.15, -0.1) is 0 Å². The molecule has 0 aliphatic rings. The molecule has 0 amide bonds. The minimum absolute atomic E-state index is 0.194. The molecule has 0 spiro atoms. The maximum Gasteiger partial charge on any atom is 0.488 e. The van der Waals surface area contributed by atoms with E-state index < -0.39 is 12.9 Å². The largest absolute Gasteiger partial charge is 0.488 e. The van der Waals surface area contributed by atoms with E-state index >= 15 is 0 Å². The molecule has 0 atom stereocenters. The SMILES string of the molecule is CCCN(C)Cc1cc(F)cc(B(O)O)c1. The topological polar surface area (TPSA) is 43.7 Å². The standard InChI is InChI=1S/C11H17BFNO2/c1-3-4-14(2)8-9-5-10(12(15)16)7-11(13)6-9/h5-7,15-16H,3-4,8H2,1-2H3. The number of hydrogen-bond acceptors (Lipinski definition) is 3. The third-order valence-electron chi connectivity index (χ3n) is 2.34. The molecular weight excluding hydrogens is 208 g/mol. The second-order valence-electron chi connectivity index (χ2n) is 4.00. The van der Waals surface area contributed by atoms with Crippen LogP contribution >= 0.6 is 0 Å². The van der Waals surface area contributed by atoms with Gasteiger partial charge in [0.2, 0.25) is 0 Å². The average molecular weight is 225 g/mol. The van der Waals surface area contributed by atoms with Crippen LogP contribution in [0.2, 0.25) is 0 Å². The Hall–Kier alpha value is -0.905. The van der Waals surface area contributed by atoms with E-state index in [1.54, 1.807) is 6.07 Å². The van der Waals surface area contributed by atoms with Crippen molar-refractivity contribution in [3.05, 3.63) is 29.6 Å². The molecular formula is C11H17BFNO2. The summed E-state index contributed by atoms with van der Waals surface area (Å²) < 4.78 is 13.2. The maximum absolute atomic E-state index is 13.2. The highest BCUT2D eigenvalue weighted by Gasteiger charge is 2.13. The molecule has 5 heteroatoms. The van der Waals surface area contributed by atoms with Crippen LogP contribution in [0.15, 0.2) is 18.2 Å². The van der Waals surface area contributed by atoms with Crippen LogP contribution in [-0.2, 0) is 6.54 Å². The molecule has 0 unspecified atom stereocenters. The number of hydrogen-bond donors (Lipinski definition) is 2. The molecule has 0 aliphatic carbocycles. The number of rotatable bonds is 5. The normalized spacial score (nSPS) is 10.9. The minimum Gasteiger partial charge on any atom is -0.423 e. The van der Waals surface area contributed by atoms with Crippen LogP contribution < -0.4 is 5.46 Å². The third kappa shape index (κ3) is 3.92. The fourth-order valence-corrected chi connectivity index (χ4v) is 1.69. The first-order valence-electron chi connectivity index (χ1n) is 5.37. The van der Waals surface area contributed by atoms with Crippen LogP contribution in [0.4, 0.5) is 4.39 Å². The molecule has 0 saturated carbocycles. The van der Waals surface area contributed by atoms with Gasteiger partial charge < -0.3 is 14.9 Å². The van der Waals surface area contributed by atoms with E-state index in [9.17, 15) is 4.39 Å². The molecule has 0 saturated heterocycles. The molecule has 1 aromatic rings. The Bertz CT molecular complexity index is 347. The van der Waals surface area contributed by atoms with Crippen LogP contribution in [0, 0.1) is 5.82 Å². The highest BCUT2D eigenvalue weighted by molar-refractivity contribution is 6.58. The summed E-state index contributed by atoms with van der Waals surface area (Å²) in [7, 11) is 0.328. The molecule has 1 aromatic carbocycles. The van der Waals surface area contributed by atoms with Crippen LogP contribution in [0.3, 0.4) is 0 Å². The van der Waals surface area contributed by atoms with Crippen molar-refractivity contribution in [1.82, 2.24) is 4.90 Å². The van der Waals surface area contributed by atoms with Gasteiger partial charge >= 0.3 is 7.12 Å². The molecule has 1 rings (SSSR count). The van der Waals surface area contributed by atoms with Crippen molar-refractivity contribution in [3.63, 3.8) is 0 Å². The van der Waals surface area contributed by atoms with Crippen molar-refractivity contribution >= 4 is 12.6 Å². The first kappa shape index (κ1) is 13.2. The van der Waals surface area contributed by atoms with E-state index in [1.807, 2.05) is 7.05 Å². The first-order chi connectivity index (χ1) is 7.52. The van der Waals surface area contributed by atoms with E-state index in [-0.39, 0.29) is 5.46 Å². The molecule has 0 fully saturated rings. The summed E-state index contributed by atoms with van der Waals surface area (Å²) in [5.41, 5.74) is 0.943. The van der Waals surface area contributed by atoms with Gasteiger partial charge in [0.25, 0.3) is 0 Å². The predicted molar refractivity (Wildman–Crippen MR) is 62.9 cm³/mol. The summed E-state index contributed by atoms with van der Waals surface area (Å²) in [6.45, 7) is 3.60. The van der Waals surface area contributed by atoms with Gasteiger partial charge in [0, 0.05) is 6.54 Å². The molecule has 0 aliphatic heterocycles. The summed E-state index contributed by atoms with van der Waals surface area (Å²) in [5, 5.41) is 18.0. The van der Waals surface area contributed by atoms with Crippen LogP contribution in [-0.4, -0.2) is 35.7 Å². The number of halogens is 1. The molecule has 16 heavy (non-hydrogen) atoms. The lowest BCUT2D eigenvalue weighted by Crippen LogP contribution is -2.31. The van der Waals surface area contributed by atoms with Crippen molar-refractivity contribution in [1.29, 1.82) is 0 Å². The molecule has 0 bridgehead atoms. The average Bonchev–Trinajstić information content (AvgIpc) is 2.16. The van der Waals surface area contributed by atoms with Crippen molar-refractivity contribution in [3.8, 4) is 0 Å². The van der Waals surface area contributed by atoms with E-state index in [2.05, 4.69) is 11.8 Å². The Morgan fingerprint density at radius 1 is 1.31 bits per heavy atom. The smallest absolute Gasteiger partial charge is 0.423 e. The molecule has 0 radical (unpaired) electrons. The quantitative estimate of drug-likeness (QED) is 0.710. The summed E-state index contributed by atoms with van der Waals surface area (Å²) in [6, 6.07) is 4.16. The number of nitrogens with zero attached hydrogens (tertiary/aromatic N) is 1. The summed E-state index contributed by atoms with van der Waals surface area (Å²) >= 11 is 0. The van der Waals surface area contributed by atoms with Gasteiger partial charge in [-0.2, -0.15) is 0 Å². The Balaban J connectivity index is 2.80. The second-order valence-corrected chi connectivity index (χ2v) is 4.00. The summed E-state index contributed by atoms with van der Waals surface area (Å²) in [6.07, 6.45) is 1.03. The van der Waals surface area contributed by atoms with Crippen LogP contribution in [0.5, 0.6) is 0 Å². The van der Waals surface area contributed by atoms with Gasteiger partial charge in [-0.3, -0.25) is 0 Å². The van der Waals surface area contributed by atoms with E-state index in [0.29, 0.717) is 6.54 Å². The van der Waals surface area contributed by atoms with E-state index in [4.69, 9.17) is 10.0 Å². The summed E-state index contributed by atoms with van der Waals surface area (Å²) in [5.74, 6) is -0.439. The molecule has 3 nitrogen and oxygen atoms in total. The predicted octanol–water partition coefficient (Wildman–Crippen LogP) is 0.347. The Morgan fingerprint density at radius 2 is 2.00 bits per heavy atom. The lowest BCUT2D eigenvalue weighted by Gasteiger charge is -2.16. The molecule has 88 valence electrons. The Kier molecular flexibility index (Phi) is 4.92. The Labute approximate surface area is 95.7 Å². The van der Waals surface area contributed by atoms with Gasteiger partial charge in [-0.05, 0) is 43.2 Å². The molecule has 2 N–H and O–H groups in total. The zero-order valence-corrected chi connectivity index (χ0v) is 9.65. The van der Waals surface area contributed by atoms with Gasteiger partial charge in [-0.1, -0.05) is 13.0 Å². The highest BCUT2D eigenvalue weighted by Crippen LogP contribution is 2.05. The van der Waals surface area contributed by atoms with Crippen molar-refractivity contribution in [2.45, 2.75) is 19.9 Å². The van der Waals surface area contributed by atoms with Crippen molar-refractivity contribution in [2.75, 3.05) is 13.6 Å². The molecule has 0 heterocycles. The minimum atomic E-state index is -1.62. The van der Waals surface area contributed by atoms with Gasteiger partial charge in [-0.25, -0.2) is 4.39 Å². The van der Waals surface area contributed by atoms with Crippen LogP contribution in [0.1, 0.15) is 18.9 Å². The maximum atomic E-state index is 13.2. The second kappa shape index (κ2) is 5.99. The van der Waals surface area contributed by atoms with Gasteiger partial charge in [0.15, 0.2) is 0 Å². The lowest BCUT2D eigenvalue weighted by atomic mass is 9.79. The fourth-order valence-electron chi connectivity index (χ4n) is 1.69. The first-order valence-corrected chi connectivity index (χ1v) is 5.37. The van der Waals surface area contributed by atoms with Crippen molar-refractivity contribution < 1.29 is 14.4 Å². The Morgan fingerprint density at radius 3 is 2.56 bits per heavy atom. The van der Waals surface area contributed by atoms with E-state index in [0.717, 1.165) is 24.6 Å². The van der Waals surface area contributed by atoms with Gasteiger partial charge in [0.1, 0.15) is 5.82 Å². The monoisotopic (exact) mass is 225 g/mol. The third-order valence-corrected chi connectivity index (χ3v) is 2.34. The number of benzene rings is 1. The molecule has 0 aromatic heterocycles. The zero-order chi connectivity index (χ0) is 12.1. The van der Waals surface area contributed by atoms with Crippen LogP contribution in [0.25, 0.3) is 0 Å². The van der Waals surface area contributed by atoms with Gasteiger partial charge in [0.05, 0.1) is 0 Å². The fraction of sp³-hybridized carbons (Fsp3) is 0.455. The van der Waals surface area contributed by atoms with Crippen molar-refractivity contribution in [2.24, 2.45) is 0 Å². The summed E-state index contributed by atoms with van der Waals surface area (Å²) in [4.78, 5) is 2.06. The lowest BCUT2D eigenvalue weighted by molar-refractivity contribution is 0.327. The zero-order valence-electron chi connectivity index (χ0n) is 9.65.